The molecule has 4 rings (SSSR count). The van der Waals surface area contributed by atoms with Gasteiger partial charge < -0.3 is 9.47 Å². The Bertz CT molecular complexity index is 877. The Labute approximate surface area is 169 Å². The van der Waals surface area contributed by atoms with Crippen LogP contribution in [-0.2, 0) is 4.74 Å². The lowest BCUT2D eigenvalue weighted by Gasteiger charge is -2.22. The molecule has 1 aliphatic rings. The Morgan fingerprint density at radius 2 is 1.93 bits per heavy atom. The second kappa shape index (κ2) is 9.21. The smallest absolute Gasteiger partial charge is 0.196 e. The van der Waals surface area contributed by atoms with Gasteiger partial charge in [0.25, 0.3) is 0 Å². The summed E-state index contributed by atoms with van der Waals surface area (Å²) >= 11 is 1.70. The zero-order valence-electron chi connectivity index (χ0n) is 16.0. The lowest BCUT2D eigenvalue weighted by atomic mass is 10.1. The third-order valence-electron chi connectivity index (χ3n) is 4.65. The van der Waals surface area contributed by atoms with Crippen molar-refractivity contribution in [3.05, 3.63) is 48.8 Å². The number of nitrogens with zero attached hydrogens (tertiary/aromatic N) is 4. The normalized spacial score (nSPS) is 16.8. The van der Waals surface area contributed by atoms with E-state index in [2.05, 4.69) is 19.7 Å². The van der Waals surface area contributed by atoms with Crippen molar-refractivity contribution in [1.29, 1.82) is 0 Å². The van der Waals surface area contributed by atoms with Crippen LogP contribution in [0.1, 0.15) is 26.2 Å². The van der Waals surface area contributed by atoms with Crippen LogP contribution >= 0.6 is 11.8 Å². The molecular weight excluding hydrogens is 372 g/mol. The number of aromatic nitrogens is 4. The summed E-state index contributed by atoms with van der Waals surface area (Å²) in [7, 11) is 0. The van der Waals surface area contributed by atoms with Crippen molar-refractivity contribution in [3.63, 3.8) is 0 Å². The van der Waals surface area contributed by atoms with Gasteiger partial charge in [0.05, 0.1) is 12.7 Å². The summed E-state index contributed by atoms with van der Waals surface area (Å²) in [6.45, 7) is 3.49. The van der Waals surface area contributed by atoms with Crippen LogP contribution in [-0.4, -0.2) is 44.8 Å². The summed E-state index contributed by atoms with van der Waals surface area (Å²) < 4.78 is 13.6. The molecule has 0 aliphatic carbocycles. The minimum absolute atomic E-state index is 0.286. The fraction of sp³-hybridized carbons (Fsp3) is 0.381. The summed E-state index contributed by atoms with van der Waals surface area (Å²) in [6, 6.07) is 11.9. The fourth-order valence-corrected chi connectivity index (χ4v) is 4.27. The zero-order chi connectivity index (χ0) is 19.2. The molecule has 0 saturated carbocycles. The van der Waals surface area contributed by atoms with Crippen LogP contribution in [0.3, 0.4) is 0 Å². The first kappa shape index (κ1) is 19.0. The van der Waals surface area contributed by atoms with Gasteiger partial charge in [0.1, 0.15) is 5.75 Å². The van der Waals surface area contributed by atoms with Crippen LogP contribution in [0.15, 0.2) is 53.9 Å². The van der Waals surface area contributed by atoms with Gasteiger partial charge in [-0.3, -0.25) is 9.55 Å². The van der Waals surface area contributed by atoms with Gasteiger partial charge in [-0.25, -0.2) is 0 Å². The topological polar surface area (TPSA) is 62.1 Å². The van der Waals surface area contributed by atoms with E-state index < -0.39 is 0 Å². The summed E-state index contributed by atoms with van der Waals surface area (Å²) in [4.78, 5) is 4.11. The molecule has 1 aromatic carbocycles. The molecule has 1 aliphatic heterocycles. The molecule has 7 heteroatoms. The third kappa shape index (κ3) is 4.36. The molecular formula is C21H24N4O2S. The fourth-order valence-electron chi connectivity index (χ4n) is 3.25. The van der Waals surface area contributed by atoms with Gasteiger partial charge in [0, 0.05) is 36.0 Å². The van der Waals surface area contributed by atoms with E-state index in [1.165, 1.54) is 6.42 Å². The van der Waals surface area contributed by atoms with Crippen molar-refractivity contribution >= 4 is 11.8 Å². The monoisotopic (exact) mass is 396 g/mol. The summed E-state index contributed by atoms with van der Waals surface area (Å²) in [5.74, 6) is 2.54. The van der Waals surface area contributed by atoms with E-state index in [-0.39, 0.29) is 6.10 Å². The molecule has 0 bridgehead atoms. The third-order valence-corrected chi connectivity index (χ3v) is 5.71. The van der Waals surface area contributed by atoms with Crippen molar-refractivity contribution in [3.8, 4) is 22.8 Å². The van der Waals surface area contributed by atoms with Crippen LogP contribution in [0, 0.1) is 0 Å². The lowest BCUT2D eigenvalue weighted by molar-refractivity contribution is 0.0315. The maximum absolute atomic E-state index is 5.88. The number of hydrogen-bond donors (Lipinski definition) is 0. The molecule has 146 valence electrons. The molecule has 0 radical (unpaired) electrons. The number of thioether (sulfide) groups is 1. The van der Waals surface area contributed by atoms with Gasteiger partial charge in [0.15, 0.2) is 11.0 Å². The number of benzene rings is 1. The van der Waals surface area contributed by atoms with E-state index in [1.54, 1.807) is 24.2 Å². The molecule has 0 amide bonds. The Balaban J connectivity index is 1.65. The molecule has 3 heterocycles. The first-order valence-corrected chi connectivity index (χ1v) is 10.7. The van der Waals surface area contributed by atoms with Crippen LogP contribution in [0.25, 0.3) is 17.1 Å². The largest absolute Gasteiger partial charge is 0.494 e. The molecule has 1 saturated heterocycles. The van der Waals surface area contributed by atoms with E-state index >= 15 is 0 Å². The van der Waals surface area contributed by atoms with E-state index in [1.807, 2.05) is 43.3 Å². The highest BCUT2D eigenvalue weighted by molar-refractivity contribution is 7.99. The average molecular weight is 397 g/mol. The SMILES string of the molecule is CCOc1ccc(-n2c(SC[C@H]3CCCCO3)nnc2-c2ccncc2)cc1. The van der Waals surface area contributed by atoms with Crippen molar-refractivity contribution < 1.29 is 9.47 Å². The summed E-state index contributed by atoms with van der Waals surface area (Å²) in [5, 5.41) is 9.82. The Morgan fingerprint density at radius 3 is 2.64 bits per heavy atom. The van der Waals surface area contributed by atoms with Crippen molar-refractivity contribution in [2.24, 2.45) is 0 Å². The zero-order valence-corrected chi connectivity index (χ0v) is 16.8. The highest BCUT2D eigenvalue weighted by Gasteiger charge is 2.19. The minimum Gasteiger partial charge on any atom is -0.494 e. The highest BCUT2D eigenvalue weighted by atomic mass is 32.2. The van der Waals surface area contributed by atoms with Crippen LogP contribution in [0.2, 0.25) is 0 Å². The molecule has 0 unspecified atom stereocenters. The van der Waals surface area contributed by atoms with Crippen molar-refractivity contribution in [2.45, 2.75) is 37.4 Å². The minimum atomic E-state index is 0.286. The molecule has 2 aromatic heterocycles. The molecule has 6 nitrogen and oxygen atoms in total. The Morgan fingerprint density at radius 1 is 1.11 bits per heavy atom. The second-order valence-corrected chi connectivity index (χ2v) is 7.59. The maximum atomic E-state index is 5.88. The number of pyridine rings is 1. The van der Waals surface area contributed by atoms with Crippen molar-refractivity contribution in [2.75, 3.05) is 19.0 Å². The van der Waals surface area contributed by atoms with E-state index in [4.69, 9.17) is 9.47 Å². The molecule has 28 heavy (non-hydrogen) atoms. The predicted octanol–water partition coefficient (Wildman–Crippen LogP) is 4.39. The molecule has 0 spiro atoms. The maximum Gasteiger partial charge on any atom is 0.196 e. The molecule has 0 N–H and O–H groups in total. The molecule has 1 atom stereocenters. The van der Waals surface area contributed by atoms with Gasteiger partial charge in [-0.15, -0.1) is 10.2 Å². The van der Waals surface area contributed by atoms with Gasteiger partial charge in [-0.2, -0.15) is 0 Å². The number of hydrogen-bond acceptors (Lipinski definition) is 6. The van der Waals surface area contributed by atoms with Gasteiger partial charge in [-0.05, 0) is 62.6 Å². The van der Waals surface area contributed by atoms with Gasteiger partial charge in [0.2, 0.25) is 0 Å². The van der Waals surface area contributed by atoms with Gasteiger partial charge >= 0.3 is 0 Å². The quantitative estimate of drug-likeness (QED) is 0.552. The van der Waals surface area contributed by atoms with E-state index in [0.29, 0.717) is 6.61 Å². The van der Waals surface area contributed by atoms with Crippen LogP contribution in [0.5, 0.6) is 5.75 Å². The van der Waals surface area contributed by atoms with E-state index in [9.17, 15) is 0 Å². The average Bonchev–Trinajstić information content (AvgIpc) is 3.18. The van der Waals surface area contributed by atoms with Crippen LogP contribution in [0.4, 0.5) is 0 Å². The van der Waals surface area contributed by atoms with E-state index in [0.717, 1.165) is 53.2 Å². The Kier molecular flexibility index (Phi) is 6.24. The second-order valence-electron chi connectivity index (χ2n) is 6.60. The summed E-state index contributed by atoms with van der Waals surface area (Å²) in [5.41, 5.74) is 1.99. The molecule has 1 fully saturated rings. The van der Waals surface area contributed by atoms with Gasteiger partial charge in [-0.1, -0.05) is 11.8 Å². The predicted molar refractivity (Wildman–Crippen MR) is 110 cm³/mol. The Hall–Kier alpha value is -2.38. The molecule has 3 aromatic rings. The lowest BCUT2D eigenvalue weighted by Crippen LogP contribution is -2.21. The standard InChI is InChI=1S/C21H24N4O2S/c1-2-26-18-8-6-17(7-9-18)25-20(16-10-12-22-13-11-16)23-24-21(25)28-15-19-5-3-4-14-27-19/h6-13,19H,2-5,14-15H2,1H3/t19-/m1/s1. The van der Waals surface area contributed by atoms with Crippen molar-refractivity contribution in [1.82, 2.24) is 19.7 Å². The first-order chi connectivity index (χ1) is 13.8. The number of ether oxygens (including phenoxy) is 2. The summed E-state index contributed by atoms with van der Waals surface area (Å²) in [6.07, 6.45) is 7.34. The number of rotatable bonds is 7. The first-order valence-electron chi connectivity index (χ1n) is 9.68. The highest BCUT2D eigenvalue weighted by Crippen LogP contribution is 2.30. The van der Waals surface area contributed by atoms with Crippen LogP contribution < -0.4 is 4.74 Å².